The number of tetrazole rings is 1. The quantitative estimate of drug-likeness (QED) is 0.866. The molecule has 0 spiro atoms. The van der Waals surface area contributed by atoms with Crippen molar-refractivity contribution in [1.82, 2.24) is 20.2 Å². The van der Waals surface area contributed by atoms with Gasteiger partial charge in [0.25, 0.3) is 0 Å². The number of aromatic nitrogens is 4. The van der Waals surface area contributed by atoms with E-state index in [1.54, 1.807) is 4.68 Å². The SMILES string of the molecule is COC(CC(=O)O)Cn1nnnc1-c1cc(C)cc(C)c1. The van der Waals surface area contributed by atoms with E-state index in [-0.39, 0.29) is 13.0 Å². The maximum atomic E-state index is 10.8. The predicted molar refractivity (Wildman–Crippen MR) is 75.8 cm³/mol. The third-order valence-corrected chi connectivity index (χ3v) is 3.12. The largest absolute Gasteiger partial charge is 0.481 e. The first-order valence-corrected chi connectivity index (χ1v) is 6.59. The standard InChI is InChI=1S/C14H18N4O3/c1-9-4-10(2)6-11(5-9)14-15-16-17-18(14)8-12(21-3)7-13(19)20/h4-6,12H,7-8H2,1-3H3,(H,19,20). The van der Waals surface area contributed by atoms with Gasteiger partial charge in [-0.1, -0.05) is 17.2 Å². The molecule has 1 heterocycles. The summed E-state index contributed by atoms with van der Waals surface area (Å²) < 4.78 is 6.75. The van der Waals surface area contributed by atoms with Crippen LogP contribution in [0, 0.1) is 13.8 Å². The van der Waals surface area contributed by atoms with E-state index in [0.29, 0.717) is 5.82 Å². The highest BCUT2D eigenvalue weighted by Crippen LogP contribution is 2.20. The zero-order valence-corrected chi connectivity index (χ0v) is 12.3. The van der Waals surface area contributed by atoms with Crippen LogP contribution in [-0.4, -0.2) is 44.5 Å². The molecule has 1 aromatic heterocycles. The Morgan fingerprint density at radius 3 is 2.57 bits per heavy atom. The summed E-state index contributed by atoms with van der Waals surface area (Å²) in [4.78, 5) is 10.8. The van der Waals surface area contributed by atoms with E-state index in [4.69, 9.17) is 9.84 Å². The topological polar surface area (TPSA) is 90.1 Å². The molecule has 0 bridgehead atoms. The molecule has 112 valence electrons. The van der Waals surface area contributed by atoms with E-state index in [2.05, 4.69) is 21.6 Å². The van der Waals surface area contributed by atoms with Crippen molar-refractivity contribution < 1.29 is 14.6 Å². The molecule has 1 atom stereocenters. The summed E-state index contributed by atoms with van der Waals surface area (Å²) in [6.07, 6.45) is -0.571. The maximum absolute atomic E-state index is 10.8. The fourth-order valence-corrected chi connectivity index (χ4v) is 2.25. The zero-order valence-electron chi connectivity index (χ0n) is 12.3. The fourth-order valence-electron chi connectivity index (χ4n) is 2.25. The highest BCUT2D eigenvalue weighted by molar-refractivity contribution is 5.67. The van der Waals surface area contributed by atoms with Gasteiger partial charge < -0.3 is 9.84 Å². The van der Waals surface area contributed by atoms with E-state index in [1.807, 2.05) is 26.0 Å². The molecular formula is C14H18N4O3. The Morgan fingerprint density at radius 1 is 1.33 bits per heavy atom. The first-order valence-electron chi connectivity index (χ1n) is 6.59. The number of carboxylic acid groups (broad SMARTS) is 1. The van der Waals surface area contributed by atoms with Crippen LogP contribution in [0.1, 0.15) is 17.5 Å². The Bertz CT molecular complexity index is 619. The minimum Gasteiger partial charge on any atom is -0.481 e. The molecule has 1 unspecified atom stereocenters. The molecule has 21 heavy (non-hydrogen) atoms. The molecule has 0 aliphatic carbocycles. The van der Waals surface area contributed by atoms with Gasteiger partial charge in [-0.15, -0.1) is 5.10 Å². The number of ether oxygens (including phenoxy) is 1. The molecule has 0 saturated carbocycles. The molecule has 2 aromatic rings. The van der Waals surface area contributed by atoms with E-state index in [1.165, 1.54) is 7.11 Å². The van der Waals surface area contributed by atoms with Gasteiger partial charge in [-0.3, -0.25) is 4.79 Å². The van der Waals surface area contributed by atoms with Gasteiger partial charge in [-0.25, -0.2) is 4.68 Å². The monoisotopic (exact) mass is 290 g/mol. The molecule has 7 nitrogen and oxygen atoms in total. The number of methoxy groups -OCH3 is 1. The van der Waals surface area contributed by atoms with Crippen molar-refractivity contribution in [3.8, 4) is 11.4 Å². The van der Waals surface area contributed by atoms with Gasteiger partial charge in [0.05, 0.1) is 19.1 Å². The number of hydrogen-bond donors (Lipinski definition) is 1. The number of carboxylic acids is 1. The average molecular weight is 290 g/mol. The van der Waals surface area contributed by atoms with Crippen LogP contribution < -0.4 is 0 Å². The normalized spacial score (nSPS) is 12.3. The molecule has 1 N–H and O–H groups in total. The van der Waals surface area contributed by atoms with Crippen molar-refractivity contribution in [1.29, 1.82) is 0 Å². The second-order valence-electron chi connectivity index (χ2n) is 5.02. The Balaban J connectivity index is 2.27. The van der Waals surface area contributed by atoms with Crippen molar-refractivity contribution in [2.45, 2.75) is 32.9 Å². The molecule has 0 fully saturated rings. The lowest BCUT2D eigenvalue weighted by Crippen LogP contribution is -2.23. The fraction of sp³-hybridized carbons (Fsp3) is 0.429. The van der Waals surface area contributed by atoms with Crippen molar-refractivity contribution >= 4 is 5.97 Å². The van der Waals surface area contributed by atoms with Crippen molar-refractivity contribution in [3.05, 3.63) is 29.3 Å². The second-order valence-corrected chi connectivity index (χ2v) is 5.02. The molecule has 0 amide bonds. The third-order valence-electron chi connectivity index (χ3n) is 3.12. The maximum Gasteiger partial charge on any atom is 0.306 e. The molecule has 7 heteroatoms. The van der Waals surface area contributed by atoms with Gasteiger partial charge in [0.15, 0.2) is 5.82 Å². The van der Waals surface area contributed by atoms with Gasteiger partial charge in [0.1, 0.15) is 0 Å². The van der Waals surface area contributed by atoms with E-state index in [0.717, 1.165) is 16.7 Å². The van der Waals surface area contributed by atoms with Crippen molar-refractivity contribution in [2.75, 3.05) is 7.11 Å². The minimum atomic E-state index is -0.914. The Hall–Kier alpha value is -2.28. The summed E-state index contributed by atoms with van der Waals surface area (Å²) in [5.41, 5.74) is 3.14. The van der Waals surface area contributed by atoms with Crippen LogP contribution in [0.15, 0.2) is 18.2 Å². The number of aryl methyl sites for hydroxylation is 2. The Kier molecular flexibility index (Phi) is 4.64. The van der Waals surface area contributed by atoms with Gasteiger partial charge in [0.2, 0.25) is 0 Å². The highest BCUT2D eigenvalue weighted by Gasteiger charge is 2.17. The number of benzene rings is 1. The number of aliphatic carboxylic acids is 1. The highest BCUT2D eigenvalue weighted by atomic mass is 16.5. The lowest BCUT2D eigenvalue weighted by molar-refractivity contribution is -0.139. The van der Waals surface area contributed by atoms with E-state index < -0.39 is 12.1 Å². The summed E-state index contributed by atoms with van der Waals surface area (Å²) in [6.45, 7) is 4.30. The van der Waals surface area contributed by atoms with Crippen LogP contribution in [0.25, 0.3) is 11.4 Å². The first kappa shape index (κ1) is 15.1. The lowest BCUT2D eigenvalue weighted by Gasteiger charge is -2.14. The average Bonchev–Trinajstić information content (AvgIpc) is 2.84. The van der Waals surface area contributed by atoms with Crippen LogP contribution >= 0.6 is 0 Å². The molecule has 0 aliphatic rings. The number of carbonyl (C=O) groups is 1. The third kappa shape index (κ3) is 3.85. The molecule has 0 aliphatic heterocycles. The summed E-state index contributed by atoms with van der Waals surface area (Å²) >= 11 is 0. The smallest absolute Gasteiger partial charge is 0.306 e. The number of nitrogens with zero attached hydrogens (tertiary/aromatic N) is 4. The summed E-state index contributed by atoms with van der Waals surface area (Å²) in [7, 11) is 1.48. The molecule has 1 aromatic carbocycles. The zero-order chi connectivity index (χ0) is 15.4. The summed E-state index contributed by atoms with van der Waals surface area (Å²) in [5.74, 6) is -0.308. The molecular weight excluding hydrogens is 272 g/mol. The van der Waals surface area contributed by atoms with Gasteiger partial charge in [0, 0.05) is 12.7 Å². The van der Waals surface area contributed by atoms with Gasteiger partial charge in [-0.05, 0) is 36.4 Å². The molecule has 0 saturated heterocycles. The van der Waals surface area contributed by atoms with Gasteiger partial charge >= 0.3 is 5.97 Å². The Labute approximate surface area is 122 Å². The van der Waals surface area contributed by atoms with Crippen molar-refractivity contribution in [2.24, 2.45) is 0 Å². The lowest BCUT2D eigenvalue weighted by atomic mass is 10.1. The van der Waals surface area contributed by atoms with Gasteiger partial charge in [-0.2, -0.15) is 0 Å². The first-order chi connectivity index (χ1) is 9.99. The number of hydrogen-bond acceptors (Lipinski definition) is 5. The van der Waals surface area contributed by atoms with Crippen LogP contribution in [0.2, 0.25) is 0 Å². The van der Waals surface area contributed by atoms with Crippen LogP contribution in [0.5, 0.6) is 0 Å². The van der Waals surface area contributed by atoms with E-state index >= 15 is 0 Å². The molecule has 0 radical (unpaired) electrons. The van der Waals surface area contributed by atoms with E-state index in [9.17, 15) is 4.79 Å². The second kappa shape index (κ2) is 6.45. The van der Waals surface area contributed by atoms with Crippen LogP contribution in [-0.2, 0) is 16.1 Å². The summed E-state index contributed by atoms with van der Waals surface area (Å²) in [5, 5.41) is 20.5. The number of rotatable bonds is 6. The Morgan fingerprint density at radius 2 is 2.00 bits per heavy atom. The van der Waals surface area contributed by atoms with Crippen LogP contribution in [0.4, 0.5) is 0 Å². The summed E-state index contributed by atoms with van der Waals surface area (Å²) in [6, 6.07) is 6.06. The van der Waals surface area contributed by atoms with Crippen molar-refractivity contribution in [3.63, 3.8) is 0 Å². The molecule has 2 rings (SSSR count). The predicted octanol–water partition coefficient (Wildman–Crippen LogP) is 1.45. The van der Waals surface area contributed by atoms with Crippen LogP contribution in [0.3, 0.4) is 0 Å². The minimum absolute atomic E-state index is 0.0946.